The maximum atomic E-state index is 14.2. The van der Waals surface area contributed by atoms with Crippen LogP contribution in [0.4, 0.5) is 70.2 Å². The predicted molar refractivity (Wildman–Crippen MR) is 90.5 cm³/mol. The van der Waals surface area contributed by atoms with Crippen LogP contribution in [0.5, 0.6) is 0 Å². The maximum Gasteiger partial charge on any atom is 0.460 e. The van der Waals surface area contributed by atoms with Gasteiger partial charge in [-0.05, 0) is 16.5 Å². The Hall–Kier alpha value is -1.94. The molecule has 1 N–H and O–H groups in total. The highest BCUT2D eigenvalue weighted by Gasteiger charge is 2.91. The van der Waals surface area contributed by atoms with Crippen molar-refractivity contribution in [3.63, 3.8) is 0 Å². The molecule has 0 saturated carbocycles. The quantitative estimate of drug-likeness (QED) is 0.335. The summed E-state index contributed by atoms with van der Waals surface area (Å²) in [6.07, 6.45) is -17.9. The van der Waals surface area contributed by atoms with E-state index in [9.17, 15) is 75.4 Å². The molecule has 1 rings (SSSR count). The Morgan fingerprint density at radius 3 is 1.31 bits per heavy atom. The average Bonchev–Trinajstić information content (AvgIpc) is 2.64. The Kier molecular flexibility index (Phi) is 7.62. The molecule has 1 aromatic rings. The summed E-state index contributed by atoms with van der Waals surface area (Å²) in [5.74, 6) is -39.7. The molecule has 0 aliphatic heterocycles. The van der Waals surface area contributed by atoms with Crippen LogP contribution in [0, 0.1) is 0 Å². The summed E-state index contributed by atoms with van der Waals surface area (Å²) in [7, 11) is 0. The van der Waals surface area contributed by atoms with Crippen molar-refractivity contribution in [3.05, 3.63) is 35.4 Å². The van der Waals surface area contributed by atoms with Gasteiger partial charge < -0.3 is 5.11 Å². The van der Waals surface area contributed by atoms with Gasteiger partial charge in [0.25, 0.3) is 0 Å². The second-order valence-electron chi connectivity index (χ2n) is 8.87. The number of rotatable bonds is 7. The van der Waals surface area contributed by atoms with Crippen LogP contribution in [0.3, 0.4) is 0 Å². The van der Waals surface area contributed by atoms with Gasteiger partial charge in [0, 0.05) is 0 Å². The first-order valence-electron chi connectivity index (χ1n) is 9.28. The van der Waals surface area contributed by atoms with E-state index >= 15 is 0 Å². The van der Waals surface area contributed by atoms with Crippen molar-refractivity contribution in [1.29, 1.82) is 0 Å². The monoisotopic (exact) mass is 564 g/mol. The van der Waals surface area contributed by atoms with Crippen LogP contribution in [0.1, 0.15) is 38.3 Å². The van der Waals surface area contributed by atoms with Crippen LogP contribution in [-0.4, -0.2) is 47.1 Å². The molecule has 1 atom stereocenters. The van der Waals surface area contributed by atoms with Crippen LogP contribution >= 0.6 is 0 Å². The van der Waals surface area contributed by atoms with Gasteiger partial charge in [-0.25, -0.2) is 0 Å². The summed E-state index contributed by atoms with van der Waals surface area (Å²) in [6, 6.07) is 2.38. The van der Waals surface area contributed by atoms with Gasteiger partial charge in [-0.2, -0.15) is 70.2 Å². The highest BCUT2D eigenvalue weighted by Crippen LogP contribution is 2.62. The van der Waals surface area contributed by atoms with E-state index in [0.29, 0.717) is 12.1 Å². The molecular weight excluding hydrogens is 548 g/mol. The highest BCUT2D eigenvalue weighted by molar-refractivity contribution is 5.34. The van der Waals surface area contributed by atoms with Gasteiger partial charge in [0.05, 0.1) is 6.42 Å². The summed E-state index contributed by atoms with van der Waals surface area (Å²) in [6.45, 7) is 4.06. The molecule has 0 fully saturated rings. The Bertz CT molecular complexity index is 938. The molecule has 17 heteroatoms. The van der Waals surface area contributed by atoms with Gasteiger partial charge in [-0.3, -0.25) is 0 Å². The molecule has 1 aromatic carbocycles. The van der Waals surface area contributed by atoms with E-state index in [1.165, 1.54) is 20.8 Å². The van der Waals surface area contributed by atoms with Gasteiger partial charge in [0.1, 0.15) is 0 Å². The third-order valence-electron chi connectivity index (χ3n) is 5.15. The average molecular weight is 564 g/mol. The molecule has 0 radical (unpaired) electrons. The van der Waals surface area contributed by atoms with Gasteiger partial charge in [0.15, 0.2) is 5.60 Å². The number of hydrogen-bond acceptors (Lipinski definition) is 1. The summed E-state index contributed by atoms with van der Waals surface area (Å²) in [5, 5.41) is 9.97. The molecule has 0 heterocycles. The molecule has 0 spiro atoms. The molecule has 0 saturated heterocycles. The molecule has 210 valence electrons. The van der Waals surface area contributed by atoms with Crippen molar-refractivity contribution in [2.24, 2.45) is 0 Å². The Morgan fingerprint density at radius 2 is 0.944 bits per heavy atom. The summed E-state index contributed by atoms with van der Waals surface area (Å²) >= 11 is 0. The lowest BCUT2D eigenvalue weighted by atomic mass is 9.79. The van der Waals surface area contributed by atoms with E-state index in [-0.39, 0.29) is 11.6 Å². The normalized spacial score (nSPS) is 17.2. The number of hydrogen-bond donors (Lipinski definition) is 1. The van der Waals surface area contributed by atoms with Gasteiger partial charge >= 0.3 is 42.0 Å². The second-order valence-corrected chi connectivity index (χ2v) is 8.87. The van der Waals surface area contributed by atoms with Gasteiger partial charge in [0.2, 0.25) is 0 Å². The van der Waals surface area contributed by atoms with Crippen LogP contribution in [-0.2, 0) is 11.0 Å². The van der Waals surface area contributed by atoms with E-state index in [4.69, 9.17) is 0 Å². The van der Waals surface area contributed by atoms with E-state index in [1.807, 2.05) is 0 Å². The van der Waals surface area contributed by atoms with Crippen LogP contribution in [0.25, 0.3) is 0 Å². The van der Waals surface area contributed by atoms with Gasteiger partial charge in [-0.15, -0.1) is 0 Å². The van der Waals surface area contributed by atoms with Crippen molar-refractivity contribution in [1.82, 2.24) is 0 Å². The topological polar surface area (TPSA) is 20.2 Å². The largest absolute Gasteiger partial charge is 0.460 e. The summed E-state index contributed by atoms with van der Waals surface area (Å²) in [4.78, 5) is 0. The lowest BCUT2D eigenvalue weighted by Crippen LogP contribution is -2.70. The number of aliphatic hydroxyl groups is 1. The number of benzene rings is 1. The highest BCUT2D eigenvalue weighted by atomic mass is 19.4. The molecular formula is C19H16F16O. The molecule has 1 nitrogen and oxygen atoms in total. The molecule has 1 unspecified atom stereocenters. The zero-order valence-corrected chi connectivity index (χ0v) is 18.0. The third kappa shape index (κ3) is 4.83. The number of halogens is 16. The van der Waals surface area contributed by atoms with Crippen molar-refractivity contribution >= 4 is 0 Å². The van der Waals surface area contributed by atoms with Crippen molar-refractivity contribution < 1.29 is 75.4 Å². The molecule has 0 bridgehead atoms. The first-order chi connectivity index (χ1) is 15.4. The molecule has 0 aliphatic carbocycles. The minimum absolute atomic E-state index is 0.153. The Balaban J connectivity index is 3.75. The van der Waals surface area contributed by atoms with Crippen LogP contribution in [0.2, 0.25) is 0 Å². The Morgan fingerprint density at radius 1 is 0.556 bits per heavy atom. The van der Waals surface area contributed by atoms with Crippen LogP contribution in [0.15, 0.2) is 24.3 Å². The zero-order valence-electron chi connectivity index (χ0n) is 18.0. The van der Waals surface area contributed by atoms with E-state index in [0.717, 1.165) is 6.07 Å². The molecule has 36 heavy (non-hydrogen) atoms. The van der Waals surface area contributed by atoms with Crippen molar-refractivity contribution in [2.45, 2.75) is 80.2 Å². The van der Waals surface area contributed by atoms with E-state index in [2.05, 4.69) is 0 Å². The van der Waals surface area contributed by atoms with E-state index in [1.54, 1.807) is 0 Å². The minimum atomic E-state index is -8.28. The smallest absolute Gasteiger partial charge is 0.376 e. The zero-order chi connectivity index (χ0) is 29.2. The van der Waals surface area contributed by atoms with Crippen molar-refractivity contribution in [2.75, 3.05) is 0 Å². The minimum Gasteiger partial charge on any atom is -0.376 e. The molecule has 0 aliphatic rings. The summed E-state index contributed by atoms with van der Waals surface area (Å²) in [5.41, 5.74) is -8.07. The van der Waals surface area contributed by atoms with Gasteiger partial charge in [-0.1, -0.05) is 45.0 Å². The fraction of sp³-hybridized carbons (Fsp3) is 0.684. The fourth-order valence-corrected chi connectivity index (χ4v) is 2.84. The summed E-state index contributed by atoms with van der Waals surface area (Å²) < 4.78 is 213. The third-order valence-corrected chi connectivity index (χ3v) is 5.15. The lowest BCUT2D eigenvalue weighted by molar-refractivity contribution is -0.443. The first-order valence-corrected chi connectivity index (χ1v) is 9.28. The standard InChI is InChI=1S/C19H16F16O/c1-11(2,3)9-5-4-6-10(7-9)12(36,18(30,31)32)8-13(20,21)14(22,23)15(24,25)16(26,27)17(28,29)19(33,34)35/h4-7,36H,8H2,1-3H3. The SMILES string of the molecule is CC(C)(C)c1cccc(C(O)(CC(F)(F)C(F)(F)C(F)(F)C(F)(F)C(F)(F)C(F)(F)F)C(F)(F)F)c1. The second kappa shape index (κ2) is 8.55. The fourth-order valence-electron chi connectivity index (χ4n) is 2.84. The van der Waals surface area contributed by atoms with E-state index < -0.39 is 65.0 Å². The van der Waals surface area contributed by atoms with Crippen LogP contribution < -0.4 is 0 Å². The molecule has 0 amide bonds. The Labute approximate surface area is 192 Å². The molecule has 0 aromatic heterocycles. The number of alkyl halides is 16. The lowest BCUT2D eigenvalue weighted by Gasteiger charge is -2.42. The predicted octanol–water partition coefficient (Wildman–Crippen LogP) is 7.86. The first kappa shape index (κ1) is 32.1. The van der Waals surface area contributed by atoms with Crippen molar-refractivity contribution in [3.8, 4) is 0 Å². The maximum absolute atomic E-state index is 14.2.